The number of hydrogen-bond acceptors (Lipinski definition) is 5. The Morgan fingerprint density at radius 3 is 2.13 bits per heavy atom. The van der Waals surface area contributed by atoms with Crippen LogP contribution in [0.2, 0.25) is 0 Å². The molecule has 3 aliphatic rings. The predicted molar refractivity (Wildman–Crippen MR) is 86.0 cm³/mol. The topological polar surface area (TPSA) is 76.1 Å². The van der Waals surface area contributed by atoms with Crippen LogP contribution in [0.4, 0.5) is 4.79 Å². The first-order valence-corrected chi connectivity index (χ1v) is 8.84. The summed E-state index contributed by atoms with van der Waals surface area (Å²) >= 11 is 0. The Kier molecular flexibility index (Phi) is 5.18. The second kappa shape index (κ2) is 7.15. The molecule has 7 nitrogen and oxygen atoms in total. The van der Waals surface area contributed by atoms with Crippen LogP contribution < -0.4 is 5.32 Å². The van der Waals surface area contributed by atoms with Gasteiger partial charge in [-0.25, -0.2) is 4.79 Å². The molecule has 0 atom stereocenters. The highest BCUT2D eigenvalue weighted by Crippen LogP contribution is 2.29. The summed E-state index contributed by atoms with van der Waals surface area (Å²) in [6, 6.07) is -0.356. The number of likely N-dealkylation sites (tertiary alicyclic amines) is 2. The number of carbonyl (C=O) groups excluding carboxylic acids is 2. The predicted octanol–water partition coefficient (Wildman–Crippen LogP) is -0.149. The number of urea groups is 1. The molecule has 0 radical (unpaired) electrons. The molecule has 130 valence electrons. The van der Waals surface area contributed by atoms with Gasteiger partial charge in [0.05, 0.1) is 13.2 Å². The first kappa shape index (κ1) is 16.7. The second-order valence-electron chi connectivity index (χ2n) is 6.94. The van der Waals surface area contributed by atoms with Crippen molar-refractivity contribution in [3.8, 4) is 0 Å². The van der Waals surface area contributed by atoms with E-state index in [1.165, 1.54) is 32.4 Å². The SMILES string of the molecule is O=C1NC2(CCN(CCN3CCCCC3)CC2)C(=O)N1CCO. The Balaban J connectivity index is 1.48. The van der Waals surface area contributed by atoms with E-state index in [0.29, 0.717) is 12.8 Å². The fraction of sp³-hybridized carbons (Fsp3) is 0.875. The number of rotatable bonds is 5. The van der Waals surface area contributed by atoms with Gasteiger partial charge in [-0.1, -0.05) is 6.42 Å². The number of amides is 3. The Labute approximate surface area is 137 Å². The molecule has 0 aromatic heterocycles. The summed E-state index contributed by atoms with van der Waals surface area (Å²) in [6.45, 7) is 6.15. The van der Waals surface area contributed by atoms with Crippen LogP contribution in [0.1, 0.15) is 32.1 Å². The number of nitrogens with zero attached hydrogens (tertiary/aromatic N) is 3. The Morgan fingerprint density at radius 2 is 1.52 bits per heavy atom. The number of aliphatic hydroxyl groups is 1. The van der Waals surface area contributed by atoms with Crippen LogP contribution in [0.5, 0.6) is 0 Å². The molecule has 0 aromatic carbocycles. The summed E-state index contributed by atoms with van der Waals surface area (Å²) < 4.78 is 0. The Bertz CT molecular complexity index is 443. The standard InChI is InChI=1S/C16H28N4O3/c21-13-12-20-14(22)16(17-15(20)23)4-8-19(9-5-16)11-10-18-6-2-1-3-7-18/h21H,1-13H2,(H,17,23). The lowest BCUT2D eigenvalue weighted by atomic mass is 9.87. The van der Waals surface area contributed by atoms with E-state index in [4.69, 9.17) is 5.11 Å². The fourth-order valence-electron chi connectivity index (χ4n) is 3.94. The highest BCUT2D eigenvalue weighted by atomic mass is 16.3. The van der Waals surface area contributed by atoms with Gasteiger partial charge in [-0.15, -0.1) is 0 Å². The fourth-order valence-corrected chi connectivity index (χ4v) is 3.94. The molecule has 3 amide bonds. The third kappa shape index (κ3) is 3.51. The van der Waals surface area contributed by atoms with E-state index < -0.39 is 5.54 Å². The lowest BCUT2D eigenvalue weighted by molar-refractivity contribution is -0.133. The Morgan fingerprint density at radius 1 is 0.913 bits per heavy atom. The van der Waals surface area contributed by atoms with Crippen molar-refractivity contribution in [3.05, 3.63) is 0 Å². The van der Waals surface area contributed by atoms with Crippen molar-refractivity contribution in [2.45, 2.75) is 37.6 Å². The van der Waals surface area contributed by atoms with Gasteiger partial charge in [-0.3, -0.25) is 9.69 Å². The molecule has 2 N–H and O–H groups in total. The zero-order valence-electron chi connectivity index (χ0n) is 13.8. The van der Waals surface area contributed by atoms with Gasteiger partial charge in [-0.05, 0) is 38.8 Å². The zero-order valence-corrected chi connectivity index (χ0v) is 13.8. The molecule has 0 saturated carbocycles. The molecule has 3 rings (SSSR count). The van der Waals surface area contributed by atoms with E-state index in [9.17, 15) is 9.59 Å². The minimum Gasteiger partial charge on any atom is -0.395 e. The molecule has 7 heteroatoms. The summed E-state index contributed by atoms with van der Waals surface area (Å²) in [4.78, 5) is 30.5. The normalized spacial score (nSPS) is 26.0. The van der Waals surface area contributed by atoms with E-state index in [1.54, 1.807) is 0 Å². The number of hydrogen-bond donors (Lipinski definition) is 2. The first-order valence-electron chi connectivity index (χ1n) is 8.84. The van der Waals surface area contributed by atoms with Gasteiger partial charge in [0.2, 0.25) is 0 Å². The molecular formula is C16H28N4O3. The third-order valence-corrected chi connectivity index (χ3v) is 5.46. The molecule has 3 aliphatic heterocycles. The van der Waals surface area contributed by atoms with E-state index in [1.807, 2.05) is 0 Å². The molecule has 0 bridgehead atoms. The third-order valence-electron chi connectivity index (χ3n) is 5.46. The minimum atomic E-state index is -0.728. The van der Waals surface area contributed by atoms with Gasteiger partial charge in [0, 0.05) is 26.2 Å². The monoisotopic (exact) mass is 324 g/mol. The summed E-state index contributed by atoms with van der Waals surface area (Å²) in [7, 11) is 0. The quantitative estimate of drug-likeness (QED) is 0.688. The maximum Gasteiger partial charge on any atom is 0.325 e. The van der Waals surface area contributed by atoms with Crippen molar-refractivity contribution in [3.63, 3.8) is 0 Å². The number of imide groups is 1. The van der Waals surface area contributed by atoms with Crippen LogP contribution >= 0.6 is 0 Å². The molecule has 3 heterocycles. The van der Waals surface area contributed by atoms with Crippen molar-refractivity contribution in [1.29, 1.82) is 0 Å². The first-order chi connectivity index (χ1) is 11.1. The summed E-state index contributed by atoms with van der Waals surface area (Å²) in [5.74, 6) is -0.160. The van der Waals surface area contributed by atoms with Crippen molar-refractivity contribution < 1.29 is 14.7 Å². The number of β-amino-alcohol motifs (C(OH)–C–C–N with tert-alkyl or cyclic N) is 1. The number of aliphatic hydroxyl groups excluding tert-OH is 1. The molecule has 0 aliphatic carbocycles. The van der Waals surface area contributed by atoms with Crippen LogP contribution in [-0.2, 0) is 4.79 Å². The maximum atomic E-state index is 12.5. The summed E-state index contributed by atoms with van der Waals surface area (Å²) in [5, 5.41) is 11.9. The number of carbonyl (C=O) groups is 2. The highest BCUT2D eigenvalue weighted by molar-refractivity contribution is 6.07. The lowest BCUT2D eigenvalue weighted by Crippen LogP contribution is -2.55. The van der Waals surface area contributed by atoms with Gasteiger partial charge in [-0.2, -0.15) is 0 Å². The maximum absolute atomic E-state index is 12.5. The lowest BCUT2D eigenvalue weighted by Gasteiger charge is -2.38. The van der Waals surface area contributed by atoms with Crippen LogP contribution in [0.25, 0.3) is 0 Å². The molecule has 1 spiro atoms. The van der Waals surface area contributed by atoms with Gasteiger partial charge < -0.3 is 20.2 Å². The van der Waals surface area contributed by atoms with Crippen LogP contribution in [0, 0.1) is 0 Å². The molecule has 3 saturated heterocycles. The average molecular weight is 324 g/mol. The van der Waals surface area contributed by atoms with E-state index in [0.717, 1.165) is 31.1 Å². The smallest absolute Gasteiger partial charge is 0.325 e. The van der Waals surface area contributed by atoms with Gasteiger partial charge in [0.25, 0.3) is 5.91 Å². The van der Waals surface area contributed by atoms with Gasteiger partial charge in [0.15, 0.2) is 0 Å². The Hall–Kier alpha value is -1.18. The number of piperidine rings is 2. The zero-order chi connectivity index (χ0) is 16.3. The molecule has 23 heavy (non-hydrogen) atoms. The molecule has 0 aromatic rings. The van der Waals surface area contributed by atoms with Crippen LogP contribution in [-0.4, -0.2) is 89.7 Å². The highest BCUT2D eigenvalue weighted by Gasteiger charge is 2.51. The molecule has 0 unspecified atom stereocenters. The van der Waals surface area contributed by atoms with Crippen molar-refractivity contribution in [2.24, 2.45) is 0 Å². The number of nitrogens with one attached hydrogen (secondary N) is 1. The van der Waals surface area contributed by atoms with E-state index >= 15 is 0 Å². The van der Waals surface area contributed by atoms with Crippen LogP contribution in [0.3, 0.4) is 0 Å². The minimum absolute atomic E-state index is 0.0884. The van der Waals surface area contributed by atoms with Crippen molar-refractivity contribution in [1.82, 2.24) is 20.0 Å². The molecule has 3 fully saturated rings. The average Bonchev–Trinajstić information content (AvgIpc) is 2.80. The van der Waals surface area contributed by atoms with Crippen LogP contribution in [0.15, 0.2) is 0 Å². The van der Waals surface area contributed by atoms with Gasteiger partial charge >= 0.3 is 6.03 Å². The van der Waals surface area contributed by atoms with E-state index in [2.05, 4.69) is 15.1 Å². The van der Waals surface area contributed by atoms with Crippen molar-refractivity contribution >= 4 is 11.9 Å². The van der Waals surface area contributed by atoms with E-state index in [-0.39, 0.29) is 25.1 Å². The summed E-state index contributed by atoms with van der Waals surface area (Å²) in [6.07, 6.45) is 5.31. The second-order valence-corrected chi connectivity index (χ2v) is 6.94. The van der Waals surface area contributed by atoms with Crippen molar-refractivity contribution in [2.75, 3.05) is 52.4 Å². The largest absolute Gasteiger partial charge is 0.395 e. The van der Waals surface area contributed by atoms with Gasteiger partial charge in [0.1, 0.15) is 5.54 Å². The molecular weight excluding hydrogens is 296 g/mol. The summed E-state index contributed by atoms with van der Waals surface area (Å²) in [5.41, 5.74) is -0.728.